The third-order valence-corrected chi connectivity index (χ3v) is 4.67. The molecule has 0 radical (unpaired) electrons. The molecule has 7 nitrogen and oxygen atoms in total. The Bertz CT molecular complexity index is 913. The lowest BCUT2D eigenvalue weighted by Gasteiger charge is -2.12. The Morgan fingerprint density at radius 2 is 1.75 bits per heavy atom. The number of carbonyl (C=O) groups excluding carboxylic acids is 2. The van der Waals surface area contributed by atoms with E-state index in [1.54, 1.807) is 12.1 Å². The van der Waals surface area contributed by atoms with E-state index in [2.05, 4.69) is 10.0 Å². The lowest BCUT2D eigenvalue weighted by Crippen LogP contribution is -2.18. The van der Waals surface area contributed by atoms with Gasteiger partial charge in [0.25, 0.3) is 15.9 Å². The Morgan fingerprint density at radius 3 is 2.33 bits per heavy atom. The number of sulfonamides is 1. The first-order valence-electron chi connectivity index (χ1n) is 6.69. The molecule has 0 atom stereocenters. The van der Waals surface area contributed by atoms with Gasteiger partial charge in [0.2, 0.25) is 5.91 Å². The van der Waals surface area contributed by atoms with Crippen LogP contribution in [0.3, 0.4) is 0 Å². The van der Waals surface area contributed by atoms with E-state index in [0.717, 1.165) is 0 Å². The van der Waals surface area contributed by atoms with Crippen LogP contribution in [0.15, 0.2) is 47.4 Å². The van der Waals surface area contributed by atoms with E-state index in [1.807, 2.05) is 0 Å². The number of carbonyl (C=O) groups is 2. The van der Waals surface area contributed by atoms with Crippen molar-refractivity contribution in [2.75, 3.05) is 10.0 Å². The zero-order valence-electron chi connectivity index (χ0n) is 12.5. The molecule has 2 aromatic rings. The van der Waals surface area contributed by atoms with Crippen molar-refractivity contribution in [3.63, 3.8) is 0 Å². The van der Waals surface area contributed by atoms with Crippen molar-refractivity contribution < 1.29 is 18.0 Å². The van der Waals surface area contributed by atoms with Crippen molar-refractivity contribution in [3.8, 4) is 0 Å². The third kappa shape index (κ3) is 4.03. The van der Waals surface area contributed by atoms with Crippen LogP contribution >= 0.6 is 11.6 Å². The molecular formula is C15H14ClN3O4S. The molecule has 0 aliphatic carbocycles. The van der Waals surface area contributed by atoms with Crippen LogP contribution in [0.1, 0.15) is 17.3 Å². The Kier molecular flexibility index (Phi) is 5.10. The maximum atomic E-state index is 12.5. The fourth-order valence-corrected chi connectivity index (χ4v) is 3.34. The van der Waals surface area contributed by atoms with Crippen molar-refractivity contribution in [1.82, 2.24) is 0 Å². The number of hydrogen-bond donors (Lipinski definition) is 3. The number of nitrogens with one attached hydrogen (secondary N) is 2. The van der Waals surface area contributed by atoms with Gasteiger partial charge >= 0.3 is 0 Å². The maximum absolute atomic E-state index is 12.5. The first kappa shape index (κ1) is 17.8. The van der Waals surface area contributed by atoms with E-state index in [1.165, 1.54) is 37.3 Å². The molecule has 2 amide bonds. The number of halogens is 1. The smallest absolute Gasteiger partial charge is 0.261 e. The molecule has 24 heavy (non-hydrogen) atoms. The molecule has 0 aliphatic heterocycles. The summed E-state index contributed by atoms with van der Waals surface area (Å²) < 4.78 is 27.2. The normalized spacial score (nSPS) is 10.9. The number of nitrogens with two attached hydrogens (primary N) is 1. The lowest BCUT2D eigenvalue weighted by atomic mass is 10.2. The molecule has 4 N–H and O–H groups in total. The zero-order chi connectivity index (χ0) is 17.9. The molecule has 0 spiro atoms. The highest BCUT2D eigenvalue weighted by Gasteiger charge is 2.19. The Hall–Kier alpha value is -2.58. The van der Waals surface area contributed by atoms with Gasteiger partial charge in [-0.15, -0.1) is 0 Å². The van der Waals surface area contributed by atoms with Crippen molar-refractivity contribution in [3.05, 3.63) is 53.1 Å². The number of hydrogen-bond acceptors (Lipinski definition) is 4. The summed E-state index contributed by atoms with van der Waals surface area (Å²) in [6.07, 6.45) is 0. The molecule has 2 rings (SSSR count). The number of anilines is 2. The Morgan fingerprint density at radius 1 is 1.08 bits per heavy atom. The fourth-order valence-electron chi connectivity index (χ4n) is 1.94. The number of rotatable bonds is 5. The van der Waals surface area contributed by atoms with Crippen LogP contribution in [0.5, 0.6) is 0 Å². The Balaban J connectivity index is 2.37. The predicted molar refractivity (Wildman–Crippen MR) is 91.5 cm³/mol. The highest BCUT2D eigenvalue weighted by Crippen LogP contribution is 2.27. The van der Waals surface area contributed by atoms with Crippen molar-refractivity contribution in [2.24, 2.45) is 5.73 Å². The van der Waals surface area contributed by atoms with Gasteiger partial charge in [-0.25, -0.2) is 8.42 Å². The van der Waals surface area contributed by atoms with Gasteiger partial charge in [-0.3, -0.25) is 14.3 Å². The van der Waals surface area contributed by atoms with Gasteiger partial charge < -0.3 is 11.1 Å². The quantitative estimate of drug-likeness (QED) is 0.750. The van der Waals surface area contributed by atoms with Gasteiger partial charge in [-0.2, -0.15) is 0 Å². The standard InChI is InChI=1S/C15H14ClN3O4S/c1-9(20)18-14-7-6-10(8-12(14)16)24(22,23)19-13-5-3-2-4-11(13)15(17)21/h2-8,19H,1H3,(H2,17,21)(H,18,20). The lowest BCUT2D eigenvalue weighted by molar-refractivity contribution is -0.114. The molecule has 0 unspecified atom stereocenters. The van der Waals surface area contributed by atoms with Crippen LogP contribution < -0.4 is 15.8 Å². The van der Waals surface area contributed by atoms with Gasteiger partial charge in [-0.05, 0) is 30.3 Å². The van der Waals surface area contributed by atoms with E-state index < -0.39 is 15.9 Å². The number of primary amides is 1. The van der Waals surface area contributed by atoms with Crippen molar-refractivity contribution in [1.29, 1.82) is 0 Å². The summed E-state index contributed by atoms with van der Waals surface area (Å²) in [5.41, 5.74) is 5.63. The second-order valence-electron chi connectivity index (χ2n) is 4.84. The second kappa shape index (κ2) is 6.90. The van der Waals surface area contributed by atoms with Crippen LogP contribution in [-0.2, 0) is 14.8 Å². The zero-order valence-corrected chi connectivity index (χ0v) is 14.1. The molecule has 0 saturated carbocycles. The number of para-hydroxylation sites is 1. The van der Waals surface area contributed by atoms with Gasteiger partial charge in [0.15, 0.2) is 0 Å². The highest BCUT2D eigenvalue weighted by molar-refractivity contribution is 7.92. The van der Waals surface area contributed by atoms with Gasteiger partial charge in [-0.1, -0.05) is 23.7 Å². The van der Waals surface area contributed by atoms with E-state index >= 15 is 0 Å². The first-order valence-corrected chi connectivity index (χ1v) is 8.55. The van der Waals surface area contributed by atoms with E-state index in [-0.39, 0.29) is 27.1 Å². The van der Waals surface area contributed by atoms with Gasteiger partial charge in [0, 0.05) is 6.92 Å². The summed E-state index contributed by atoms with van der Waals surface area (Å²) in [5.74, 6) is -1.09. The summed E-state index contributed by atoms with van der Waals surface area (Å²) >= 11 is 5.98. The summed E-state index contributed by atoms with van der Waals surface area (Å²) in [6.45, 7) is 1.31. The molecule has 2 aromatic carbocycles. The molecule has 0 bridgehead atoms. The molecule has 0 fully saturated rings. The van der Waals surface area contributed by atoms with Crippen LogP contribution in [0, 0.1) is 0 Å². The van der Waals surface area contributed by atoms with Crippen molar-refractivity contribution >= 4 is 44.8 Å². The van der Waals surface area contributed by atoms with E-state index in [4.69, 9.17) is 17.3 Å². The van der Waals surface area contributed by atoms with Crippen LogP contribution in [0.2, 0.25) is 5.02 Å². The highest BCUT2D eigenvalue weighted by atomic mass is 35.5. The summed E-state index contributed by atoms with van der Waals surface area (Å²) in [5, 5.41) is 2.54. The summed E-state index contributed by atoms with van der Waals surface area (Å²) in [6, 6.07) is 9.82. The molecule has 0 heterocycles. The number of amides is 2. The molecule has 126 valence electrons. The maximum Gasteiger partial charge on any atom is 0.261 e. The van der Waals surface area contributed by atoms with Crippen LogP contribution in [-0.4, -0.2) is 20.2 Å². The van der Waals surface area contributed by atoms with Gasteiger partial charge in [0.1, 0.15) is 0 Å². The van der Waals surface area contributed by atoms with Crippen molar-refractivity contribution in [2.45, 2.75) is 11.8 Å². The minimum atomic E-state index is -3.99. The predicted octanol–water partition coefficient (Wildman–Crippen LogP) is 2.20. The average Bonchev–Trinajstić information content (AvgIpc) is 2.48. The molecule has 9 heteroatoms. The third-order valence-electron chi connectivity index (χ3n) is 3.00. The minimum Gasteiger partial charge on any atom is -0.366 e. The molecule has 0 saturated heterocycles. The monoisotopic (exact) mass is 367 g/mol. The Labute approximate surface area is 143 Å². The van der Waals surface area contributed by atoms with Crippen LogP contribution in [0.4, 0.5) is 11.4 Å². The molecular weight excluding hydrogens is 354 g/mol. The summed E-state index contributed by atoms with van der Waals surface area (Å²) in [7, 11) is -3.99. The minimum absolute atomic E-state index is 0.0436. The topological polar surface area (TPSA) is 118 Å². The first-order chi connectivity index (χ1) is 11.2. The van der Waals surface area contributed by atoms with Gasteiger partial charge in [0.05, 0.1) is 26.9 Å². The fraction of sp³-hybridized carbons (Fsp3) is 0.0667. The van der Waals surface area contributed by atoms with E-state index in [9.17, 15) is 18.0 Å². The SMILES string of the molecule is CC(=O)Nc1ccc(S(=O)(=O)Nc2ccccc2C(N)=O)cc1Cl. The van der Waals surface area contributed by atoms with E-state index in [0.29, 0.717) is 5.69 Å². The largest absolute Gasteiger partial charge is 0.366 e. The average molecular weight is 368 g/mol. The number of benzene rings is 2. The molecule has 0 aromatic heterocycles. The second-order valence-corrected chi connectivity index (χ2v) is 6.93. The van der Waals surface area contributed by atoms with Crippen LogP contribution in [0.25, 0.3) is 0 Å². The summed E-state index contributed by atoms with van der Waals surface area (Å²) in [4.78, 5) is 22.3. The molecule has 0 aliphatic rings.